The number of hydrogen-bond donors (Lipinski definition) is 1. The molecule has 1 heterocycles. The Bertz CT molecular complexity index is 1040. The van der Waals surface area contributed by atoms with Crippen LogP contribution in [0.1, 0.15) is 5.56 Å². The van der Waals surface area contributed by atoms with Crippen LogP contribution < -0.4 is 5.43 Å². The van der Waals surface area contributed by atoms with E-state index in [9.17, 15) is 0 Å². The van der Waals surface area contributed by atoms with Gasteiger partial charge in [0.15, 0.2) is 0 Å². The van der Waals surface area contributed by atoms with Crippen LogP contribution in [0.2, 0.25) is 0 Å². The molecule has 132 valence electrons. The lowest BCUT2D eigenvalue weighted by molar-refractivity contribution is 1.29. The quantitative estimate of drug-likeness (QED) is 0.281. The van der Waals surface area contributed by atoms with Crippen molar-refractivity contribution >= 4 is 38.6 Å². The normalized spacial score (nSPS) is 11.0. The maximum atomic E-state index is 4.57. The van der Waals surface area contributed by atoms with Crippen LogP contribution in [0.25, 0.3) is 22.4 Å². The minimum absolute atomic E-state index is 0.769. The van der Waals surface area contributed by atoms with E-state index in [1.165, 1.54) is 22.5 Å². The largest absolute Gasteiger partial charge is 0.253 e. The van der Waals surface area contributed by atoms with Gasteiger partial charge in [-0.25, -0.2) is 4.98 Å². The third-order valence-electron chi connectivity index (χ3n) is 4.04. The smallest absolute Gasteiger partial charge is 0.203 e. The second kappa shape index (κ2) is 8.29. The Morgan fingerprint density at radius 2 is 1.48 bits per heavy atom. The molecule has 0 aliphatic heterocycles. The zero-order valence-electron chi connectivity index (χ0n) is 14.3. The number of benzene rings is 3. The van der Waals surface area contributed by atoms with E-state index in [0.717, 1.165) is 26.4 Å². The zero-order chi connectivity index (χ0) is 18.5. The minimum Gasteiger partial charge on any atom is -0.253 e. The Kier molecular flexibility index (Phi) is 5.42. The zero-order valence-corrected chi connectivity index (χ0v) is 16.7. The van der Waals surface area contributed by atoms with E-state index in [2.05, 4.69) is 67.8 Å². The lowest BCUT2D eigenvalue weighted by atomic mass is 10.0. The highest BCUT2D eigenvalue weighted by Gasteiger charge is 2.03. The van der Waals surface area contributed by atoms with Crippen LogP contribution in [-0.2, 0) is 0 Å². The highest BCUT2D eigenvalue weighted by molar-refractivity contribution is 9.10. The Balaban J connectivity index is 1.40. The Morgan fingerprint density at radius 1 is 0.815 bits per heavy atom. The fourth-order valence-corrected chi connectivity index (χ4v) is 3.57. The number of rotatable bonds is 5. The lowest BCUT2D eigenvalue weighted by Gasteiger charge is -2.01. The summed E-state index contributed by atoms with van der Waals surface area (Å²) in [6.45, 7) is 0. The van der Waals surface area contributed by atoms with Crippen molar-refractivity contribution in [2.45, 2.75) is 0 Å². The van der Waals surface area contributed by atoms with E-state index < -0.39 is 0 Å². The molecule has 4 rings (SSSR count). The van der Waals surface area contributed by atoms with Crippen LogP contribution >= 0.6 is 27.3 Å². The monoisotopic (exact) mass is 433 g/mol. The van der Waals surface area contributed by atoms with Gasteiger partial charge in [0, 0.05) is 15.4 Å². The maximum Gasteiger partial charge on any atom is 0.203 e. The number of halogens is 1. The number of nitrogens with zero attached hydrogens (tertiary/aromatic N) is 2. The molecule has 0 bridgehead atoms. The van der Waals surface area contributed by atoms with E-state index in [-0.39, 0.29) is 0 Å². The average molecular weight is 434 g/mol. The molecule has 0 atom stereocenters. The Labute approximate surface area is 170 Å². The van der Waals surface area contributed by atoms with Crippen molar-refractivity contribution in [2.24, 2.45) is 5.10 Å². The average Bonchev–Trinajstić information content (AvgIpc) is 3.19. The van der Waals surface area contributed by atoms with Gasteiger partial charge in [-0.3, -0.25) is 5.43 Å². The minimum atomic E-state index is 0.769. The van der Waals surface area contributed by atoms with Gasteiger partial charge in [0.25, 0.3) is 0 Å². The number of hydrazone groups is 1. The molecule has 5 heteroatoms. The Hall–Kier alpha value is -2.76. The van der Waals surface area contributed by atoms with Crippen LogP contribution in [0.4, 0.5) is 5.13 Å². The lowest BCUT2D eigenvalue weighted by Crippen LogP contribution is -1.90. The van der Waals surface area contributed by atoms with Crippen molar-refractivity contribution < 1.29 is 0 Å². The molecule has 3 aromatic carbocycles. The predicted octanol–water partition coefficient (Wildman–Crippen LogP) is 6.69. The molecule has 0 spiro atoms. The molecule has 1 N–H and O–H groups in total. The maximum absolute atomic E-state index is 4.57. The molecule has 0 fully saturated rings. The van der Waals surface area contributed by atoms with Gasteiger partial charge in [-0.2, -0.15) is 5.10 Å². The summed E-state index contributed by atoms with van der Waals surface area (Å²) >= 11 is 4.98. The summed E-state index contributed by atoms with van der Waals surface area (Å²) in [5, 5.41) is 7.09. The summed E-state index contributed by atoms with van der Waals surface area (Å²) in [7, 11) is 0. The van der Waals surface area contributed by atoms with Crippen molar-refractivity contribution in [3.8, 4) is 22.4 Å². The van der Waals surface area contributed by atoms with E-state index in [4.69, 9.17) is 0 Å². The molecule has 1 aromatic heterocycles. The van der Waals surface area contributed by atoms with Gasteiger partial charge in [-0.05, 0) is 28.8 Å². The number of nitrogens with one attached hydrogen (secondary N) is 1. The second-order valence-electron chi connectivity index (χ2n) is 5.90. The molecule has 0 amide bonds. The van der Waals surface area contributed by atoms with Gasteiger partial charge < -0.3 is 0 Å². The summed E-state index contributed by atoms with van der Waals surface area (Å²) in [5.74, 6) is 0. The highest BCUT2D eigenvalue weighted by atomic mass is 79.9. The summed E-state index contributed by atoms with van der Waals surface area (Å²) < 4.78 is 1.06. The summed E-state index contributed by atoms with van der Waals surface area (Å²) in [4.78, 5) is 4.57. The third kappa shape index (κ3) is 4.51. The summed E-state index contributed by atoms with van der Waals surface area (Å²) in [5.41, 5.74) is 8.48. The van der Waals surface area contributed by atoms with Crippen LogP contribution in [0, 0.1) is 0 Å². The van der Waals surface area contributed by atoms with Crippen molar-refractivity contribution in [1.82, 2.24) is 4.98 Å². The molecule has 0 unspecified atom stereocenters. The molecule has 0 saturated carbocycles. The van der Waals surface area contributed by atoms with Crippen molar-refractivity contribution in [2.75, 3.05) is 5.43 Å². The van der Waals surface area contributed by atoms with Crippen LogP contribution in [-0.4, -0.2) is 11.2 Å². The molecular formula is C22H16BrN3S. The van der Waals surface area contributed by atoms with Crippen LogP contribution in [0.15, 0.2) is 93.8 Å². The van der Waals surface area contributed by atoms with Crippen molar-refractivity contribution in [1.29, 1.82) is 0 Å². The first kappa shape index (κ1) is 17.6. The van der Waals surface area contributed by atoms with E-state index in [1.807, 2.05) is 47.8 Å². The molecule has 0 aliphatic carbocycles. The third-order valence-corrected chi connectivity index (χ3v) is 5.31. The van der Waals surface area contributed by atoms with Crippen molar-refractivity contribution in [3.63, 3.8) is 0 Å². The van der Waals surface area contributed by atoms with E-state index in [0.29, 0.717) is 0 Å². The second-order valence-corrected chi connectivity index (χ2v) is 7.68. The number of anilines is 1. The molecule has 27 heavy (non-hydrogen) atoms. The fraction of sp³-hybridized carbons (Fsp3) is 0. The predicted molar refractivity (Wildman–Crippen MR) is 118 cm³/mol. The number of thiazole rings is 1. The van der Waals surface area contributed by atoms with Gasteiger partial charge in [0.2, 0.25) is 5.13 Å². The van der Waals surface area contributed by atoms with Gasteiger partial charge >= 0.3 is 0 Å². The van der Waals surface area contributed by atoms with E-state index in [1.54, 1.807) is 6.21 Å². The SMILES string of the molecule is Brc1ccc(-c2csc(N/N=C/c3ccc(-c4ccccc4)cc3)n2)cc1. The number of aromatic nitrogens is 1. The Morgan fingerprint density at radius 3 is 2.22 bits per heavy atom. The molecule has 0 radical (unpaired) electrons. The van der Waals surface area contributed by atoms with Crippen molar-refractivity contribution in [3.05, 3.63) is 94.3 Å². The van der Waals surface area contributed by atoms with Gasteiger partial charge in [0.1, 0.15) is 0 Å². The first-order chi connectivity index (χ1) is 13.3. The summed E-state index contributed by atoms with van der Waals surface area (Å²) in [6, 6.07) is 26.8. The fourth-order valence-electron chi connectivity index (χ4n) is 2.63. The first-order valence-electron chi connectivity index (χ1n) is 8.44. The standard InChI is InChI=1S/C22H16BrN3S/c23-20-12-10-19(11-13-20)21-15-27-22(25-21)26-24-14-16-6-8-18(9-7-16)17-4-2-1-3-5-17/h1-15H,(H,25,26)/b24-14+. The molecular weight excluding hydrogens is 418 g/mol. The number of hydrogen-bond acceptors (Lipinski definition) is 4. The van der Waals surface area contributed by atoms with Crippen LogP contribution in [0.5, 0.6) is 0 Å². The van der Waals surface area contributed by atoms with Gasteiger partial charge in [-0.15, -0.1) is 11.3 Å². The van der Waals surface area contributed by atoms with Gasteiger partial charge in [-0.1, -0.05) is 82.7 Å². The molecule has 0 aliphatic rings. The van der Waals surface area contributed by atoms with Crippen LogP contribution in [0.3, 0.4) is 0 Å². The summed E-state index contributed by atoms with van der Waals surface area (Å²) in [6.07, 6.45) is 1.80. The molecule has 3 nitrogen and oxygen atoms in total. The molecule has 0 saturated heterocycles. The highest BCUT2D eigenvalue weighted by Crippen LogP contribution is 2.26. The topological polar surface area (TPSA) is 37.3 Å². The first-order valence-corrected chi connectivity index (χ1v) is 10.1. The van der Waals surface area contributed by atoms with E-state index >= 15 is 0 Å². The molecule has 4 aromatic rings. The van der Waals surface area contributed by atoms with Gasteiger partial charge in [0.05, 0.1) is 11.9 Å².